The van der Waals surface area contributed by atoms with Crippen molar-refractivity contribution in [3.8, 4) is 0 Å². The fraction of sp³-hybridized carbons (Fsp3) is 1.00. The number of ether oxygens (including phenoxy) is 1. The summed E-state index contributed by atoms with van der Waals surface area (Å²) in [6.07, 6.45) is 5.96. The molecule has 2 atom stereocenters. The summed E-state index contributed by atoms with van der Waals surface area (Å²) in [5.41, 5.74) is 0.411. The molecule has 0 radical (unpaired) electrons. The van der Waals surface area contributed by atoms with Crippen molar-refractivity contribution in [2.24, 2.45) is 11.3 Å². The predicted octanol–water partition coefficient (Wildman–Crippen LogP) is 2.28. The molecule has 1 saturated carbocycles. The smallest absolute Gasteiger partial charge is 0.0595 e. The third-order valence-electron chi connectivity index (χ3n) is 4.84. The monoisotopic (exact) mass is 255 g/mol. The molecule has 0 aromatic carbocycles. The van der Waals surface area contributed by atoms with Gasteiger partial charge in [-0.05, 0) is 43.4 Å². The lowest BCUT2D eigenvalue weighted by molar-refractivity contribution is -0.0123. The molecule has 1 heterocycles. The van der Waals surface area contributed by atoms with Gasteiger partial charge in [0.1, 0.15) is 0 Å². The van der Waals surface area contributed by atoms with Crippen LogP contribution in [0.3, 0.4) is 0 Å². The van der Waals surface area contributed by atoms with E-state index in [-0.39, 0.29) is 6.10 Å². The van der Waals surface area contributed by atoms with E-state index in [1.54, 1.807) is 0 Å². The highest BCUT2D eigenvalue weighted by Crippen LogP contribution is 2.39. The van der Waals surface area contributed by atoms with Crippen LogP contribution in [0.2, 0.25) is 0 Å². The minimum atomic E-state index is -0.0850. The first-order valence-electron chi connectivity index (χ1n) is 7.43. The van der Waals surface area contributed by atoms with E-state index in [1.165, 1.54) is 6.42 Å². The summed E-state index contributed by atoms with van der Waals surface area (Å²) in [6.45, 7) is 8.00. The molecule has 106 valence electrons. The SMILES string of the molecule is COC1CCN(CC2CC(C)(C)CCC2O)CC1. The Morgan fingerprint density at radius 1 is 1.22 bits per heavy atom. The summed E-state index contributed by atoms with van der Waals surface area (Å²) in [5.74, 6) is 0.466. The molecule has 1 aliphatic heterocycles. The van der Waals surface area contributed by atoms with Crippen molar-refractivity contribution < 1.29 is 9.84 Å². The highest BCUT2D eigenvalue weighted by atomic mass is 16.5. The van der Waals surface area contributed by atoms with Crippen molar-refractivity contribution in [3.63, 3.8) is 0 Å². The Hall–Kier alpha value is -0.120. The molecule has 18 heavy (non-hydrogen) atoms. The lowest BCUT2D eigenvalue weighted by atomic mass is 9.70. The summed E-state index contributed by atoms with van der Waals surface area (Å²) in [6, 6.07) is 0. The largest absolute Gasteiger partial charge is 0.393 e. The molecule has 2 rings (SSSR count). The van der Waals surface area contributed by atoms with Gasteiger partial charge in [-0.25, -0.2) is 0 Å². The molecule has 1 saturated heterocycles. The van der Waals surface area contributed by atoms with Crippen LogP contribution in [0, 0.1) is 11.3 Å². The summed E-state index contributed by atoms with van der Waals surface area (Å²) < 4.78 is 5.41. The van der Waals surface area contributed by atoms with Crippen molar-refractivity contribution in [2.45, 2.75) is 58.2 Å². The van der Waals surface area contributed by atoms with Crippen molar-refractivity contribution in [1.29, 1.82) is 0 Å². The Morgan fingerprint density at radius 2 is 1.89 bits per heavy atom. The van der Waals surface area contributed by atoms with Crippen molar-refractivity contribution in [3.05, 3.63) is 0 Å². The Bertz CT molecular complexity index is 259. The van der Waals surface area contributed by atoms with Gasteiger partial charge in [0.25, 0.3) is 0 Å². The molecule has 2 unspecified atom stereocenters. The number of piperidine rings is 1. The second kappa shape index (κ2) is 5.89. The molecule has 0 amide bonds. The minimum Gasteiger partial charge on any atom is -0.393 e. The minimum absolute atomic E-state index is 0.0850. The molecule has 2 aliphatic rings. The molecule has 0 bridgehead atoms. The standard InChI is InChI=1S/C15H29NO2/c1-15(2)7-4-14(17)12(10-15)11-16-8-5-13(18-3)6-9-16/h12-14,17H,4-11H2,1-3H3. The zero-order chi connectivity index (χ0) is 13.2. The summed E-state index contributed by atoms with van der Waals surface area (Å²) in [7, 11) is 1.81. The van der Waals surface area contributed by atoms with E-state index < -0.39 is 0 Å². The van der Waals surface area contributed by atoms with Crippen LogP contribution in [0.5, 0.6) is 0 Å². The Kier molecular flexibility index (Phi) is 4.68. The van der Waals surface area contributed by atoms with E-state index in [4.69, 9.17) is 4.74 Å². The van der Waals surface area contributed by atoms with Crippen LogP contribution in [0.25, 0.3) is 0 Å². The summed E-state index contributed by atoms with van der Waals surface area (Å²) >= 11 is 0. The lowest BCUT2D eigenvalue weighted by Crippen LogP contribution is -2.44. The van der Waals surface area contributed by atoms with Crippen LogP contribution in [-0.2, 0) is 4.74 Å². The lowest BCUT2D eigenvalue weighted by Gasteiger charge is -2.42. The van der Waals surface area contributed by atoms with Crippen LogP contribution >= 0.6 is 0 Å². The van der Waals surface area contributed by atoms with Gasteiger partial charge in [-0.1, -0.05) is 13.8 Å². The van der Waals surface area contributed by atoms with E-state index in [0.717, 1.165) is 45.3 Å². The van der Waals surface area contributed by atoms with Crippen molar-refractivity contribution >= 4 is 0 Å². The van der Waals surface area contributed by atoms with Gasteiger partial charge in [-0.15, -0.1) is 0 Å². The quantitative estimate of drug-likeness (QED) is 0.840. The van der Waals surface area contributed by atoms with Gasteiger partial charge in [-0.3, -0.25) is 0 Å². The Morgan fingerprint density at radius 3 is 2.50 bits per heavy atom. The molecule has 0 spiro atoms. The molecular formula is C15H29NO2. The second-order valence-electron chi connectivity index (χ2n) is 6.97. The van der Waals surface area contributed by atoms with Crippen molar-refractivity contribution in [2.75, 3.05) is 26.7 Å². The molecule has 0 aromatic heterocycles. The highest BCUT2D eigenvalue weighted by Gasteiger charge is 2.35. The number of nitrogens with zero attached hydrogens (tertiary/aromatic N) is 1. The van der Waals surface area contributed by atoms with Gasteiger partial charge in [0.2, 0.25) is 0 Å². The average molecular weight is 255 g/mol. The van der Waals surface area contributed by atoms with Crippen LogP contribution in [-0.4, -0.2) is 49.0 Å². The maximum atomic E-state index is 10.2. The normalized spacial score (nSPS) is 34.7. The Labute approximate surface area is 112 Å². The average Bonchev–Trinajstić information content (AvgIpc) is 2.35. The highest BCUT2D eigenvalue weighted by molar-refractivity contribution is 4.87. The van der Waals surface area contributed by atoms with Crippen LogP contribution in [0.1, 0.15) is 46.0 Å². The zero-order valence-corrected chi connectivity index (χ0v) is 12.2. The van der Waals surface area contributed by atoms with Gasteiger partial charge in [-0.2, -0.15) is 0 Å². The fourth-order valence-corrected chi connectivity index (χ4v) is 3.57. The molecular weight excluding hydrogens is 226 g/mol. The van der Waals surface area contributed by atoms with Crippen LogP contribution in [0.4, 0.5) is 0 Å². The Balaban J connectivity index is 1.81. The van der Waals surface area contributed by atoms with Crippen LogP contribution in [0.15, 0.2) is 0 Å². The number of aliphatic hydroxyl groups excluding tert-OH is 1. The van der Waals surface area contributed by atoms with Gasteiger partial charge in [0, 0.05) is 26.7 Å². The number of likely N-dealkylation sites (tertiary alicyclic amines) is 1. The first-order chi connectivity index (χ1) is 8.50. The van der Waals surface area contributed by atoms with Gasteiger partial charge >= 0.3 is 0 Å². The number of hydrogen-bond donors (Lipinski definition) is 1. The first-order valence-corrected chi connectivity index (χ1v) is 7.43. The zero-order valence-electron chi connectivity index (χ0n) is 12.2. The first kappa shape index (κ1) is 14.3. The number of rotatable bonds is 3. The van der Waals surface area contributed by atoms with Crippen molar-refractivity contribution in [1.82, 2.24) is 4.90 Å². The van der Waals surface area contributed by atoms with Gasteiger partial charge in [0.15, 0.2) is 0 Å². The predicted molar refractivity (Wildman–Crippen MR) is 73.6 cm³/mol. The van der Waals surface area contributed by atoms with Crippen LogP contribution < -0.4 is 0 Å². The van der Waals surface area contributed by atoms with E-state index in [1.807, 2.05) is 7.11 Å². The molecule has 3 nitrogen and oxygen atoms in total. The number of aliphatic hydroxyl groups is 1. The topological polar surface area (TPSA) is 32.7 Å². The number of hydrogen-bond acceptors (Lipinski definition) is 3. The van der Waals surface area contributed by atoms with E-state index in [9.17, 15) is 5.11 Å². The van der Waals surface area contributed by atoms with Gasteiger partial charge in [0.05, 0.1) is 12.2 Å². The third kappa shape index (κ3) is 3.69. The van der Waals surface area contributed by atoms with E-state index in [0.29, 0.717) is 17.4 Å². The summed E-state index contributed by atoms with van der Waals surface area (Å²) in [5, 5.41) is 10.2. The maximum Gasteiger partial charge on any atom is 0.0595 e. The fourth-order valence-electron chi connectivity index (χ4n) is 3.57. The molecule has 3 heteroatoms. The summed E-state index contributed by atoms with van der Waals surface area (Å²) in [4.78, 5) is 2.52. The molecule has 2 fully saturated rings. The van der Waals surface area contributed by atoms with Gasteiger partial charge < -0.3 is 14.7 Å². The third-order valence-corrected chi connectivity index (χ3v) is 4.84. The van der Waals surface area contributed by atoms with E-state index in [2.05, 4.69) is 18.7 Å². The second-order valence-corrected chi connectivity index (χ2v) is 6.97. The molecule has 1 N–H and O–H groups in total. The number of methoxy groups -OCH3 is 1. The molecule has 1 aliphatic carbocycles. The molecule has 0 aromatic rings. The van der Waals surface area contributed by atoms with E-state index >= 15 is 0 Å². The maximum absolute atomic E-state index is 10.2.